The summed E-state index contributed by atoms with van der Waals surface area (Å²) < 4.78 is 3.30. The molecule has 0 radical (unpaired) electrons. The van der Waals surface area contributed by atoms with E-state index in [-0.39, 0.29) is 0 Å². The van der Waals surface area contributed by atoms with Crippen LogP contribution in [-0.4, -0.2) is 14.5 Å². The third-order valence-electron chi connectivity index (χ3n) is 3.88. The van der Waals surface area contributed by atoms with Crippen LogP contribution in [0, 0.1) is 0 Å². The molecule has 0 fully saturated rings. The van der Waals surface area contributed by atoms with Gasteiger partial charge in [-0.25, -0.2) is 0 Å². The number of nitrogens with zero attached hydrogens (tertiary/aromatic N) is 3. The molecule has 0 saturated carbocycles. The van der Waals surface area contributed by atoms with E-state index in [2.05, 4.69) is 79.0 Å². The number of hydrogen-bond donors (Lipinski definition) is 0. The minimum absolute atomic E-state index is 1.06. The Hall–Kier alpha value is -2.72. The van der Waals surface area contributed by atoms with Crippen LogP contribution < -0.4 is 0 Å². The number of rotatable bonds is 3. The summed E-state index contributed by atoms with van der Waals surface area (Å²) in [7, 11) is 0. The third kappa shape index (κ3) is 2.76. The molecule has 3 nitrogen and oxygen atoms in total. The lowest BCUT2D eigenvalue weighted by Crippen LogP contribution is -1.99. The van der Waals surface area contributed by atoms with Crippen LogP contribution in [0.2, 0.25) is 0 Å². The molecule has 0 spiro atoms. The molecule has 0 aliphatic heterocycles. The van der Waals surface area contributed by atoms with Crippen molar-refractivity contribution >= 4 is 15.9 Å². The standard InChI is InChI=1S/C20H14BrN3/c21-17-5-7-18(8-6-17)24-19(15-3-1-11-22-13-15)9-10-20(24)16-4-2-12-23-14-16/h1-14H. The van der Waals surface area contributed by atoms with Crippen molar-refractivity contribution in [3.05, 3.63) is 89.9 Å². The van der Waals surface area contributed by atoms with E-state index in [9.17, 15) is 0 Å². The van der Waals surface area contributed by atoms with Crippen molar-refractivity contribution in [2.75, 3.05) is 0 Å². The number of hydrogen-bond acceptors (Lipinski definition) is 2. The molecule has 4 heteroatoms. The van der Waals surface area contributed by atoms with E-state index in [0.717, 1.165) is 32.7 Å². The maximum absolute atomic E-state index is 4.26. The molecule has 0 bridgehead atoms. The van der Waals surface area contributed by atoms with Crippen molar-refractivity contribution in [2.45, 2.75) is 0 Å². The largest absolute Gasteiger partial charge is 0.309 e. The summed E-state index contributed by atoms with van der Waals surface area (Å²) in [5.74, 6) is 0. The van der Waals surface area contributed by atoms with Gasteiger partial charge in [-0.15, -0.1) is 0 Å². The van der Waals surface area contributed by atoms with Crippen LogP contribution in [0.25, 0.3) is 28.2 Å². The van der Waals surface area contributed by atoms with Gasteiger partial charge in [-0.3, -0.25) is 9.97 Å². The molecule has 116 valence electrons. The zero-order chi connectivity index (χ0) is 16.4. The highest BCUT2D eigenvalue weighted by atomic mass is 79.9. The smallest absolute Gasteiger partial charge is 0.0550 e. The predicted molar refractivity (Wildman–Crippen MR) is 99.9 cm³/mol. The van der Waals surface area contributed by atoms with Gasteiger partial charge < -0.3 is 4.57 Å². The molecule has 0 saturated heterocycles. The van der Waals surface area contributed by atoms with E-state index < -0.39 is 0 Å². The summed E-state index contributed by atoms with van der Waals surface area (Å²) in [5, 5.41) is 0. The van der Waals surface area contributed by atoms with Gasteiger partial charge in [0.15, 0.2) is 0 Å². The van der Waals surface area contributed by atoms with E-state index in [1.807, 2.05) is 24.5 Å². The normalized spacial score (nSPS) is 10.7. The molecule has 4 rings (SSSR count). The Morgan fingerprint density at radius 1 is 0.667 bits per heavy atom. The Morgan fingerprint density at radius 3 is 1.67 bits per heavy atom. The van der Waals surface area contributed by atoms with E-state index >= 15 is 0 Å². The van der Waals surface area contributed by atoms with Crippen molar-refractivity contribution in [2.24, 2.45) is 0 Å². The molecular weight excluding hydrogens is 362 g/mol. The lowest BCUT2D eigenvalue weighted by Gasteiger charge is -2.14. The molecule has 3 aromatic heterocycles. The van der Waals surface area contributed by atoms with Crippen molar-refractivity contribution in [3.8, 4) is 28.2 Å². The quantitative estimate of drug-likeness (QED) is 0.482. The van der Waals surface area contributed by atoms with Crippen LogP contribution >= 0.6 is 15.9 Å². The van der Waals surface area contributed by atoms with Gasteiger partial charge >= 0.3 is 0 Å². The van der Waals surface area contributed by atoms with Crippen molar-refractivity contribution in [1.82, 2.24) is 14.5 Å². The van der Waals surface area contributed by atoms with E-state index in [1.54, 1.807) is 12.4 Å². The van der Waals surface area contributed by atoms with Gasteiger partial charge in [0.1, 0.15) is 0 Å². The second-order valence-corrected chi connectivity index (χ2v) is 6.31. The summed E-state index contributed by atoms with van der Waals surface area (Å²) in [5.41, 5.74) is 5.46. The zero-order valence-electron chi connectivity index (χ0n) is 12.8. The summed E-state index contributed by atoms with van der Waals surface area (Å²) in [6, 6.07) is 20.6. The van der Waals surface area contributed by atoms with Crippen molar-refractivity contribution in [1.29, 1.82) is 0 Å². The summed E-state index contributed by atoms with van der Waals surface area (Å²) in [4.78, 5) is 8.52. The molecule has 4 aromatic rings. The number of aromatic nitrogens is 3. The second kappa shape index (κ2) is 6.42. The maximum atomic E-state index is 4.26. The molecule has 0 N–H and O–H groups in total. The van der Waals surface area contributed by atoms with Gasteiger partial charge in [-0.2, -0.15) is 0 Å². The number of benzene rings is 1. The minimum atomic E-state index is 1.06. The highest BCUT2D eigenvalue weighted by Gasteiger charge is 2.13. The number of halogens is 1. The van der Waals surface area contributed by atoms with Gasteiger partial charge in [0.2, 0.25) is 0 Å². The first-order valence-corrected chi connectivity index (χ1v) is 8.41. The van der Waals surface area contributed by atoms with Crippen LogP contribution in [0.3, 0.4) is 0 Å². The van der Waals surface area contributed by atoms with Crippen LogP contribution in [0.1, 0.15) is 0 Å². The van der Waals surface area contributed by atoms with Gasteiger partial charge in [0, 0.05) is 46.1 Å². The van der Waals surface area contributed by atoms with E-state index in [0.29, 0.717) is 0 Å². The molecule has 1 aromatic carbocycles. The Bertz CT molecular complexity index is 888. The highest BCUT2D eigenvalue weighted by Crippen LogP contribution is 2.32. The Morgan fingerprint density at radius 2 is 1.21 bits per heavy atom. The van der Waals surface area contributed by atoms with Gasteiger partial charge in [-0.1, -0.05) is 15.9 Å². The predicted octanol–water partition coefficient (Wildman–Crippen LogP) is 5.36. The van der Waals surface area contributed by atoms with E-state index in [4.69, 9.17) is 0 Å². The molecule has 0 aliphatic carbocycles. The maximum Gasteiger partial charge on any atom is 0.0550 e. The summed E-state index contributed by atoms with van der Waals surface area (Å²) in [6.45, 7) is 0. The molecule has 0 atom stereocenters. The lowest BCUT2D eigenvalue weighted by molar-refractivity contribution is 1.09. The average molecular weight is 376 g/mol. The topological polar surface area (TPSA) is 30.7 Å². The fraction of sp³-hybridized carbons (Fsp3) is 0. The zero-order valence-corrected chi connectivity index (χ0v) is 14.4. The molecule has 24 heavy (non-hydrogen) atoms. The van der Waals surface area contributed by atoms with Crippen molar-refractivity contribution < 1.29 is 0 Å². The first kappa shape index (κ1) is 14.8. The average Bonchev–Trinajstić information content (AvgIpc) is 3.09. The fourth-order valence-electron chi connectivity index (χ4n) is 2.78. The first-order chi connectivity index (χ1) is 11.8. The fourth-order valence-corrected chi connectivity index (χ4v) is 3.05. The molecular formula is C20H14BrN3. The first-order valence-electron chi connectivity index (χ1n) is 7.61. The van der Waals surface area contributed by atoms with Crippen molar-refractivity contribution in [3.63, 3.8) is 0 Å². The van der Waals surface area contributed by atoms with Crippen LogP contribution in [0.15, 0.2) is 89.9 Å². The molecule has 0 aliphatic rings. The summed E-state index contributed by atoms with van der Waals surface area (Å²) in [6.07, 6.45) is 7.35. The van der Waals surface area contributed by atoms with E-state index in [1.165, 1.54) is 0 Å². The second-order valence-electron chi connectivity index (χ2n) is 5.40. The highest BCUT2D eigenvalue weighted by molar-refractivity contribution is 9.10. The van der Waals surface area contributed by atoms with Crippen LogP contribution in [-0.2, 0) is 0 Å². The van der Waals surface area contributed by atoms with Crippen LogP contribution in [0.5, 0.6) is 0 Å². The summed E-state index contributed by atoms with van der Waals surface area (Å²) >= 11 is 3.51. The minimum Gasteiger partial charge on any atom is -0.309 e. The molecule has 3 heterocycles. The van der Waals surface area contributed by atoms with Gasteiger partial charge in [0.25, 0.3) is 0 Å². The monoisotopic (exact) mass is 375 g/mol. The Kier molecular flexibility index (Phi) is 3.97. The Labute approximate surface area is 148 Å². The number of pyridine rings is 2. The lowest BCUT2D eigenvalue weighted by atomic mass is 10.2. The third-order valence-corrected chi connectivity index (χ3v) is 4.41. The van der Waals surface area contributed by atoms with Crippen LogP contribution in [0.4, 0.5) is 0 Å². The SMILES string of the molecule is Brc1ccc(-n2c(-c3cccnc3)ccc2-c2cccnc2)cc1. The van der Waals surface area contributed by atoms with Gasteiger partial charge in [0.05, 0.1) is 11.4 Å². The Balaban J connectivity index is 1.96. The van der Waals surface area contributed by atoms with Gasteiger partial charge in [-0.05, 0) is 60.7 Å². The molecule has 0 amide bonds. The molecule has 0 unspecified atom stereocenters.